The molecule has 1 saturated carbocycles. The van der Waals surface area contributed by atoms with Gasteiger partial charge in [-0.25, -0.2) is 9.59 Å². The first-order valence-electron chi connectivity index (χ1n) is 26.9. The van der Waals surface area contributed by atoms with Gasteiger partial charge in [0.1, 0.15) is 34.9 Å². The zero-order valence-corrected chi connectivity index (χ0v) is 47.0. The molecule has 0 radical (unpaired) electrons. The van der Waals surface area contributed by atoms with Crippen molar-refractivity contribution in [3.63, 3.8) is 0 Å². The Hall–Kier alpha value is -3.87. The Bertz CT molecular complexity index is 1870. The molecule has 16 nitrogen and oxygen atoms in total. The van der Waals surface area contributed by atoms with Crippen LogP contribution in [0.15, 0.2) is 60.7 Å². The summed E-state index contributed by atoms with van der Waals surface area (Å²) >= 11 is 0. The molecule has 5 rings (SSSR count). The first kappa shape index (κ1) is 64.4. The van der Waals surface area contributed by atoms with E-state index in [1.165, 1.54) is 5.56 Å². The van der Waals surface area contributed by atoms with Crippen molar-refractivity contribution in [2.24, 2.45) is 5.92 Å². The fourth-order valence-electron chi connectivity index (χ4n) is 8.68. The van der Waals surface area contributed by atoms with E-state index < -0.39 is 40.9 Å². The lowest BCUT2D eigenvalue weighted by molar-refractivity contribution is -0.163. The molecule has 1 aliphatic carbocycles. The minimum absolute atomic E-state index is 0. The molecule has 2 heterocycles. The van der Waals surface area contributed by atoms with Crippen LogP contribution in [0.5, 0.6) is 0 Å². The average Bonchev–Trinajstić information content (AvgIpc) is 4.00. The number of amides is 2. The van der Waals surface area contributed by atoms with E-state index in [1.54, 1.807) is 25.7 Å². The van der Waals surface area contributed by atoms with Crippen molar-refractivity contribution in [2.75, 3.05) is 65.9 Å². The highest BCUT2D eigenvalue weighted by Crippen LogP contribution is 2.31. The topological polar surface area (TPSA) is 179 Å². The normalized spacial score (nSPS) is 19.7. The molecule has 420 valence electrons. The van der Waals surface area contributed by atoms with Gasteiger partial charge in [-0.3, -0.25) is 9.59 Å². The maximum Gasteiger partial charge on any atom is 0.408 e. The summed E-state index contributed by atoms with van der Waals surface area (Å²) < 4.78 is 51.3. The van der Waals surface area contributed by atoms with E-state index in [0.29, 0.717) is 91.9 Å². The fourth-order valence-corrected chi connectivity index (χ4v) is 8.68. The van der Waals surface area contributed by atoms with Gasteiger partial charge >= 0.3 is 18.0 Å². The molecule has 5 atom stereocenters. The molecule has 0 spiro atoms. The molecular weight excluding hydrogens is 970 g/mol. The molecule has 0 unspecified atom stereocenters. The largest absolute Gasteiger partial charge is 0.459 e. The molecular formula is C57H92ClN3O13. The molecule has 3 aliphatic rings. The molecule has 0 bridgehead atoms. The van der Waals surface area contributed by atoms with Gasteiger partial charge < -0.3 is 58.2 Å². The van der Waals surface area contributed by atoms with Gasteiger partial charge in [0, 0.05) is 78.8 Å². The van der Waals surface area contributed by atoms with E-state index in [4.69, 9.17) is 42.6 Å². The van der Waals surface area contributed by atoms with Crippen LogP contribution in [0.4, 0.5) is 4.79 Å². The molecule has 0 aromatic heterocycles. The highest BCUT2D eigenvalue weighted by atomic mass is 35.5. The Morgan fingerprint density at radius 2 is 1.04 bits per heavy atom. The summed E-state index contributed by atoms with van der Waals surface area (Å²) in [5.41, 5.74) is 0.486. The Morgan fingerprint density at radius 1 is 0.581 bits per heavy atom. The van der Waals surface area contributed by atoms with Crippen molar-refractivity contribution in [1.82, 2.24) is 15.5 Å². The highest BCUT2D eigenvalue weighted by Gasteiger charge is 2.46. The van der Waals surface area contributed by atoms with Crippen molar-refractivity contribution in [2.45, 2.75) is 193 Å². The first-order valence-corrected chi connectivity index (χ1v) is 26.9. The monoisotopic (exact) mass is 1060 g/mol. The van der Waals surface area contributed by atoms with Crippen molar-refractivity contribution in [1.29, 1.82) is 0 Å². The lowest BCUT2D eigenvalue weighted by atomic mass is 9.83. The Labute approximate surface area is 449 Å². The van der Waals surface area contributed by atoms with Crippen LogP contribution < -0.4 is 10.6 Å². The highest BCUT2D eigenvalue weighted by molar-refractivity contribution is 5.90. The molecule has 2 N–H and O–H groups in total. The van der Waals surface area contributed by atoms with Crippen LogP contribution in [0.2, 0.25) is 0 Å². The van der Waals surface area contributed by atoms with Gasteiger partial charge in [-0.15, -0.1) is 12.4 Å². The minimum Gasteiger partial charge on any atom is -0.459 e. The van der Waals surface area contributed by atoms with Crippen LogP contribution >= 0.6 is 12.4 Å². The number of likely N-dealkylation sites (tertiary alicyclic amines) is 1. The second-order valence-electron chi connectivity index (χ2n) is 22.2. The summed E-state index contributed by atoms with van der Waals surface area (Å²) in [5, 5.41) is 6.04. The minimum atomic E-state index is -0.791. The predicted octanol–water partition coefficient (Wildman–Crippen LogP) is 9.31. The third-order valence-electron chi connectivity index (χ3n) is 12.0. The van der Waals surface area contributed by atoms with Crippen LogP contribution in [-0.2, 0) is 70.2 Å². The van der Waals surface area contributed by atoms with E-state index in [-0.39, 0.29) is 55.0 Å². The van der Waals surface area contributed by atoms with E-state index in [9.17, 15) is 19.2 Å². The molecule has 3 fully saturated rings. The summed E-state index contributed by atoms with van der Waals surface area (Å²) in [6, 6.07) is 18.4. The molecule has 2 saturated heterocycles. The first-order chi connectivity index (χ1) is 34.8. The number of esters is 2. The molecule has 2 aromatic rings. The number of halogens is 1. The quantitative estimate of drug-likeness (QED) is 0.0491. The number of rotatable bonds is 27. The maximum atomic E-state index is 14.1. The molecule has 2 aliphatic heterocycles. The smallest absolute Gasteiger partial charge is 0.408 e. The number of nitrogens with one attached hydrogen (secondary N) is 2. The third kappa shape index (κ3) is 27.3. The lowest BCUT2D eigenvalue weighted by Crippen LogP contribution is -2.56. The number of ether oxygens (including phenoxy) is 9. The van der Waals surface area contributed by atoms with Gasteiger partial charge in [-0.05, 0) is 118 Å². The third-order valence-corrected chi connectivity index (χ3v) is 12.0. The SMILES string of the molecule is CC(C)(C)OC(=O)N[C@H](C(=O)N1C[C@H](OCCCOCCCOCc2ccccc2)C[C@H]1C(=O)OC(C)(C)C)C1CCCCC1.CC(C)(C)OC(=O)[C@@H]1C[C@@H](OCCCOCCCOCc2ccccc2)CN1.Cl. The van der Waals surface area contributed by atoms with E-state index in [0.717, 1.165) is 56.9 Å². The number of carbonyl (C=O) groups is 4. The van der Waals surface area contributed by atoms with E-state index in [1.807, 2.05) is 90.1 Å². The van der Waals surface area contributed by atoms with Crippen LogP contribution in [0.1, 0.15) is 144 Å². The van der Waals surface area contributed by atoms with Gasteiger partial charge in [0.25, 0.3) is 0 Å². The Kier molecular flexibility index (Phi) is 29.6. The maximum absolute atomic E-state index is 14.1. The van der Waals surface area contributed by atoms with Crippen molar-refractivity contribution in [3.8, 4) is 0 Å². The Balaban J connectivity index is 0.000000428. The Morgan fingerprint density at radius 3 is 1.54 bits per heavy atom. The summed E-state index contributed by atoms with van der Waals surface area (Å²) in [6.45, 7) is 23.5. The zero-order chi connectivity index (χ0) is 53.1. The fraction of sp³-hybridized carbons (Fsp3) is 0.719. The van der Waals surface area contributed by atoms with E-state index >= 15 is 0 Å². The predicted molar refractivity (Wildman–Crippen MR) is 287 cm³/mol. The van der Waals surface area contributed by atoms with Gasteiger partial charge in [-0.2, -0.15) is 0 Å². The van der Waals surface area contributed by atoms with Gasteiger partial charge in [0.15, 0.2) is 0 Å². The van der Waals surface area contributed by atoms with Crippen molar-refractivity contribution in [3.05, 3.63) is 71.8 Å². The number of benzene rings is 2. The van der Waals surface area contributed by atoms with Crippen LogP contribution in [0.25, 0.3) is 0 Å². The second kappa shape index (κ2) is 34.0. The summed E-state index contributed by atoms with van der Waals surface area (Å²) in [4.78, 5) is 53.9. The van der Waals surface area contributed by atoms with E-state index in [2.05, 4.69) is 22.8 Å². The lowest BCUT2D eigenvalue weighted by Gasteiger charge is -2.35. The molecule has 17 heteroatoms. The standard InChI is InChI=1S/C35H56N2O8.C22H35NO5.ClH/c1-34(2,3)44-32(39)29-23-28(43-22-14-20-41-19-13-21-42-25-26-15-9-7-10-16-26)24-37(29)31(38)30(27-17-11-8-12-18-27)36-33(40)45-35(4,5)6;1-22(2,3)28-21(24)20-15-19(16-23-20)27-14-8-12-25-11-7-13-26-17-18-9-5-4-6-10-18;/h7,9-10,15-16,27-30H,8,11-14,17-25H2,1-6H3,(H,36,40);4-6,9-10,19-20,23H,7-8,11-17H2,1-3H3;1H/t28-,29+,30+;19-,20+;/m11./s1. The summed E-state index contributed by atoms with van der Waals surface area (Å²) in [6.07, 6.45) is 8.09. The van der Waals surface area contributed by atoms with Crippen LogP contribution in [-0.4, -0.2) is 142 Å². The van der Waals surface area contributed by atoms with Crippen molar-refractivity contribution >= 4 is 36.3 Å². The van der Waals surface area contributed by atoms with Gasteiger partial charge in [0.2, 0.25) is 5.91 Å². The van der Waals surface area contributed by atoms with Gasteiger partial charge in [-0.1, -0.05) is 79.9 Å². The van der Waals surface area contributed by atoms with Crippen LogP contribution in [0, 0.1) is 5.92 Å². The van der Waals surface area contributed by atoms with Crippen LogP contribution in [0.3, 0.4) is 0 Å². The molecule has 2 amide bonds. The average molecular weight is 1060 g/mol. The van der Waals surface area contributed by atoms with Crippen molar-refractivity contribution < 1.29 is 61.8 Å². The summed E-state index contributed by atoms with van der Waals surface area (Å²) in [5.74, 6) is -0.970. The number of hydrogen-bond acceptors (Lipinski definition) is 14. The second-order valence-corrected chi connectivity index (χ2v) is 22.2. The number of hydrogen-bond donors (Lipinski definition) is 2. The number of alkyl carbamates (subject to hydrolysis) is 1. The zero-order valence-electron chi connectivity index (χ0n) is 46.2. The molecule has 74 heavy (non-hydrogen) atoms. The summed E-state index contributed by atoms with van der Waals surface area (Å²) in [7, 11) is 0. The van der Waals surface area contributed by atoms with Gasteiger partial charge in [0.05, 0.1) is 25.4 Å². The molecule has 2 aromatic carbocycles. The number of nitrogens with zero attached hydrogens (tertiary/aromatic N) is 1. The number of carbonyl (C=O) groups excluding carboxylic acids is 4.